The molecule has 3 atom stereocenters. The van der Waals surface area contributed by atoms with Crippen LogP contribution < -0.4 is 5.32 Å². The third kappa shape index (κ3) is 47.1. The molecule has 0 saturated carbocycles. The summed E-state index contributed by atoms with van der Waals surface area (Å²) in [5.74, 6) is -0.546. The van der Waals surface area contributed by atoms with E-state index in [1.807, 2.05) is 33.3 Å². The fourth-order valence-corrected chi connectivity index (χ4v) is 8.41. The highest BCUT2D eigenvalue weighted by atomic mass is 31.2. The molecule has 0 aliphatic heterocycles. The number of phosphoric acid groups is 1. The quantitative estimate of drug-likeness (QED) is 0.0156. The number of allylic oxidation sites excluding steroid dienone is 7. The van der Waals surface area contributed by atoms with Gasteiger partial charge in [0.1, 0.15) is 19.3 Å². The maximum atomic E-state index is 13.4. The Morgan fingerprint density at radius 3 is 1.44 bits per heavy atom. The highest BCUT2D eigenvalue weighted by Gasteiger charge is 2.30. The monoisotopic (exact) mass is 950 g/mol. The Balaban J connectivity index is 5.45. The summed E-state index contributed by atoms with van der Waals surface area (Å²) in [5, 5.41) is 3.02. The van der Waals surface area contributed by atoms with Gasteiger partial charge >= 0.3 is 13.8 Å². The Kier molecular flexibility index (Phi) is 45.3. The van der Waals surface area contributed by atoms with Gasteiger partial charge in [-0.2, -0.15) is 0 Å². The topological polar surface area (TPSA) is 111 Å². The molecule has 0 bridgehead atoms. The molecule has 0 rings (SSSR count). The number of quaternary nitrogens is 1. The molecule has 0 saturated heterocycles. The molecule has 386 valence electrons. The number of hydrogen-bond acceptors (Lipinski definition) is 6. The van der Waals surface area contributed by atoms with Crippen molar-refractivity contribution in [2.45, 2.75) is 258 Å². The second-order valence-corrected chi connectivity index (χ2v) is 21.2. The van der Waals surface area contributed by atoms with Crippen LogP contribution in [-0.2, 0) is 27.9 Å². The molecule has 0 aromatic heterocycles. The lowest BCUT2D eigenvalue weighted by Crippen LogP contribution is -2.47. The molecule has 0 spiro atoms. The molecule has 0 fully saturated rings. The molecular formula is C56H106N2O7P+. The third-order valence-electron chi connectivity index (χ3n) is 12.0. The zero-order chi connectivity index (χ0) is 48.7. The number of unbranched alkanes of at least 4 members (excludes halogenated alkanes) is 28. The lowest BCUT2D eigenvalue weighted by atomic mass is 10.0. The summed E-state index contributed by atoms with van der Waals surface area (Å²) >= 11 is 0. The van der Waals surface area contributed by atoms with Crippen molar-refractivity contribution in [2.75, 3.05) is 40.9 Å². The number of ether oxygens (including phenoxy) is 1. The van der Waals surface area contributed by atoms with Crippen molar-refractivity contribution in [2.24, 2.45) is 0 Å². The maximum Gasteiger partial charge on any atom is 0.472 e. The molecular weight excluding hydrogens is 844 g/mol. The van der Waals surface area contributed by atoms with E-state index in [2.05, 4.69) is 62.5 Å². The Bertz CT molecular complexity index is 1280. The summed E-state index contributed by atoms with van der Waals surface area (Å²) < 4.78 is 30.5. The number of carbonyl (C=O) groups is 2. The average Bonchev–Trinajstić information content (AvgIpc) is 3.27. The number of esters is 1. The largest absolute Gasteiger partial charge is 0.472 e. The number of nitrogens with one attached hydrogen (secondary N) is 1. The second kappa shape index (κ2) is 46.7. The van der Waals surface area contributed by atoms with Crippen LogP contribution >= 0.6 is 7.82 Å². The van der Waals surface area contributed by atoms with E-state index in [-0.39, 0.29) is 31.5 Å². The van der Waals surface area contributed by atoms with Gasteiger partial charge in [0, 0.05) is 12.8 Å². The van der Waals surface area contributed by atoms with Crippen molar-refractivity contribution in [3.05, 3.63) is 48.6 Å². The normalized spacial score (nSPS) is 14.2. The van der Waals surface area contributed by atoms with Gasteiger partial charge in [0.25, 0.3) is 0 Å². The Morgan fingerprint density at radius 1 is 0.530 bits per heavy atom. The molecule has 0 aromatic carbocycles. The van der Waals surface area contributed by atoms with Crippen LogP contribution in [0.15, 0.2) is 48.6 Å². The maximum absolute atomic E-state index is 13.4. The van der Waals surface area contributed by atoms with E-state index in [1.54, 1.807) is 0 Å². The van der Waals surface area contributed by atoms with E-state index < -0.39 is 20.0 Å². The van der Waals surface area contributed by atoms with Gasteiger partial charge in [0.05, 0.1) is 33.8 Å². The van der Waals surface area contributed by atoms with Gasteiger partial charge in [-0.25, -0.2) is 4.57 Å². The molecule has 0 radical (unpaired) electrons. The summed E-state index contributed by atoms with van der Waals surface area (Å²) in [6.07, 6.45) is 55.3. The van der Waals surface area contributed by atoms with Crippen LogP contribution in [0.1, 0.15) is 245 Å². The summed E-state index contributed by atoms with van der Waals surface area (Å²) in [4.78, 5) is 37.4. The van der Waals surface area contributed by atoms with E-state index in [4.69, 9.17) is 13.8 Å². The molecule has 0 aliphatic carbocycles. The van der Waals surface area contributed by atoms with Crippen LogP contribution in [0.4, 0.5) is 0 Å². The molecule has 0 aromatic rings. The van der Waals surface area contributed by atoms with Crippen LogP contribution in [0.5, 0.6) is 0 Å². The second-order valence-electron chi connectivity index (χ2n) is 19.8. The molecule has 2 N–H and O–H groups in total. The average molecular weight is 950 g/mol. The first kappa shape index (κ1) is 64.0. The first-order valence-corrected chi connectivity index (χ1v) is 29.0. The summed E-state index contributed by atoms with van der Waals surface area (Å²) in [6, 6.07) is -0.862. The van der Waals surface area contributed by atoms with Gasteiger partial charge in [0.2, 0.25) is 5.91 Å². The number of likely N-dealkylation sites (N-methyl/N-ethyl adjacent to an activating group) is 1. The first-order chi connectivity index (χ1) is 31.9. The Labute approximate surface area is 408 Å². The molecule has 9 nitrogen and oxygen atoms in total. The van der Waals surface area contributed by atoms with E-state index in [0.29, 0.717) is 23.9 Å². The van der Waals surface area contributed by atoms with E-state index in [0.717, 1.165) is 89.9 Å². The minimum Gasteiger partial charge on any atom is -0.456 e. The van der Waals surface area contributed by atoms with Gasteiger partial charge in [-0.1, -0.05) is 205 Å². The van der Waals surface area contributed by atoms with Crippen molar-refractivity contribution in [1.82, 2.24) is 5.32 Å². The molecule has 1 amide bonds. The minimum atomic E-state index is -4.45. The van der Waals surface area contributed by atoms with Gasteiger partial charge in [-0.15, -0.1) is 0 Å². The van der Waals surface area contributed by atoms with Crippen molar-refractivity contribution in [1.29, 1.82) is 0 Å². The molecule has 3 unspecified atom stereocenters. The predicted molar refractivity (Wildman–Crippen MR) is 282 cm³/mol. The molecule has 66 heavy (non-hydrogen) atoms. The highest BCUT2D eigenvalue weighted by Crippen LogP contribution is 2.43. The van der Waals surface area contributed by atoms with Crippen molar-refractivity contribution < 1.29 is 37.3 Å². The minimum absolute atomic E-state index is 0.0337. The number of amides is 1. The SMILES string of the molecule is CCCC/C=C\CCCCCCCC(=O)OC(/C=C/CCCCCCCCCCCCC)C(COP(=O)(O)OCC[N+](C)(C)C)NC(=O)CCCCC/C=C/C=C/CCCCCCCCC. The molecule has 10 heteroatoms. The van der Waals surface area contributed by atoms with E-state index in [9.17, 15) is 19.0 Å². The van der Waals surface area contributed by atoms with E-state index >= 15 is 0 Å². The highest BCUT2D eigenvalue weighted by molar-refractivity contribution is 7.47. The number of nitrogens with zero attached hydrogens (tertiary/aromatic N) is 1. The van der Waals surface area contributed by atoms with Crippen LogP contribution in [-0.4, -0.2) is 74.3 Å². The summed E-state index contributed by atoms with van der Waals surface area (Å²) in [6.45, 7) is 6.94. The smallest absolute Gasteiger partial charge is 0.456 e. The first-order valence-electron chi connectivity index (χ1n) is 27.5. The van der Waals surface area contributed by atoms with Crippen LogP contribution in [0.2, 0.25) is 0 Å². The lowest BCUT2D eigenvalue weighted by Gasteiger charge is -2.27. The predicted octanol–water partition coefficient (Wildman–Crippen LogP) is 16.2. The Morgan fingerprint density at radius 2 is 0.939 bits per heavy atom. The summed E-state index contributed by atoms with van der Waals surface area (Å²) in [7, 11) is 1.47. The van der Waals surface area contributed by atoms with Crippen molar-refractivity contribution >= 4 is 19.7 Å². The van der Waals surface area contributed by atoms with Crippen LogP contribution in [0.25, 0.3) is 0 Å². The standard InChI is InChI=1S/C56H105N2O7P/c1-7-10-13-16-19-22-25-27-28-29-31-34-36-39-42-45-48-55(59)57-53(52-64-66(61,62)63-51-50-58(4,5)6)54(47-44-41-38-35-33-30-26-23-20-17-14-11-8-2)65-56(60)49-46-43-40-37-32-24-21-18-15-12-9-3/h18,21,28-29,31,34,44,47,53-54H,7-17,19-20,22-27,30,32-33,35-43,45-46,48-52H2,1-6H3,(H-,57,59,61,62)/p+1/b21-18-,29-28+,34-31+,47-44+. The summed E-state index contributed by atoms with van der Waals surface area (Å²) in [5.41, 5.74) is 0. The number of phosphoric ester groups is 1. The number of carbonyl (C=O) groups excluding carboxylic acids is 2. The fraction of sp³-hybridized carbons (Fsp3) is 0.821. The van der Waals surface area contributed by atoms with Crippen molar-refractivity contribution in [3.63, 3.8) is 0 Å². The van der Waals surface area contributed by atoms with Crippen LogP contribution in [0, 0.1) is 0 Å². The van der Waals surface area contributed by atoms with Gasteiger partial charge < -0.3 is 19.4 Å². The van der Waals surface area contributed by atoms with Crippen molar-refractivity contribution in [3.8, 4) is 0 Å². The zero-order valence-electron chi connectivity index (χ0n) is 43.9. The third-order valence-corrected chi connectivity index (χ3v) is 13.0. The van der Waals surface area contributed by atoms with Gasteiger partial charge in [-0.3, -0.25) is 18.6 Å². The van der Waals surface area contributed by atoms with Gasteiger partial charge in [-0.05, 0) is 76.7 Å². The fourth-order valence-electron chi connectivity index (χ4n) is 7.68. The molecule has 0 heterocycles. The molecule has 0 aliphatic rings. The Hall–Kier alpha value is -2.03. The van der Waals surface area contributed by atoms with Gasteiger partial charge in [0.15, 0.2) is 0 Å². The van der Waals surface area contributed by atoms with Crippen LogP contribution in [0.3, 0.4) is 0 Å². The van der Waals surface area contributed by atoms with E-state index in [1.165, 1.54) is 116 Å². The lowest BCUT2D eigenvalue weighted by molar-refractivity contribution is -0.870. The number of hydrogen-bond donors (Lipinski definition) is 2. The zero-order valence-corrected chi connectivity index (χ0v) is 44.8. The number of rotatable bonds is 49.